The zero-order valence-corrected chi connectivity index (χ0v) is 24.8. The number of methoxy groups -OCH3 is 1. The molecule has 4 nitrogen and oxygen atoms in total. The van der Waals surface area contributed by atoms with Crippen molar-refractivity contribution in [2.24, 2.45) is 0 Å². The van der Waals surface area contributed by atoms with Crippen molar-refractivity contribution in [3.05, 3.63) is 29.8 Å². The van der Waals surface area contributed by atoms with Crippen molar-refractivity contribution in [2.75, 3.05) is 13.7 Å². The van der Waals surface area contributed by atoms with E-state index in [0.29, 0.717) is 12.4 Å². The van der Waals surface area contributed by atoms with Crippen molar-refractivity contribution < 1.29 is 19.4 Å². The summed E-state index contributed by atoms with van der Waals surface area (Å²) in [5.41, 5.74) is 0.779. The summed E-state index contributed by atoms with van der Waals surface area (Å²) >= 11 is 0. The van der Waals surface area contributed by atoms with Crippen LogP contribution in [0.5, 0.6) is 11.5 Å². The van der Waals surface area contributed by atoms with Crippen LogP contribution in [0.1, 0.15) is 154 Å². The molecule has 38 heavy (non-hydrogen) atoms. The summed E-state index contributed by atoms with van der Waals surface area (Å²) < 4.78 is 10.4. The number of ether oxygens (including phenoxy) is 2. The van der Waals surface area contributed by atoms with Crippen LogP contribution in [-0.2, 0) is 9.53 Å². The molecule has 1 N–H and O–H groups in total. The number of carbonyl (C=O) groups excluding carboxylic acids is 1. The Morgan fingerprint density at radius 2 is 1.11 bits per heavy atom. The molecule has 1 aromatic carbocycles. The summed E-state index contributed by atoms with van der Waals surface area (Å²) in [4.78, 5) is 11.9. The first-order valence-electron chi connectivity index (χ1n) is 15.9. The van der Waals surface area contributed by atoms with E-state index < -0.39 is 0 Å². The fourth-order valence-corrected chi connectivity index (χ4v) is 4.89. The van der Waals surface area contributed by atoms with Gasteiger partial charge in [0.2, 0.25) is 0 Å². The molecule has 0 radical (unpaired) electrons. The predicted octanol–water partition coefficient (Wildman–Crippen LogP) is 10.6. The van der Waals surface area contributed by atoms with E-state index in [1.165, 1.54) is 142 Å². The van der Waals surface area contributed by atoms with E-state index >= 15 is 0 Å². The fraction of sp³-hybridized carbons (Fsp3) is 0.735. The zero-order valence-electron chi connectivity index (χ0n) is 24.8. The van der Waals surface area contributed by atoms with E-state index in [4.69, 9.17) is 9.47 Å². The number of rotatable bonds is 26. The highest BCUT2D eigenvalue weighted by Crippen LogP contribution is 2.26. The number of carbonyl (C=O) groups is 1. The summed E-state index contributed by atoms with van der Waals surface area (Å²) in [6, 6.07) is 4.95. The van der Waals surface area contributed by atoms with Gasteiger partial charge in [0.25, 0.3) is 0 Å². The molecule has 0 saturated carbocycles. The summed E-state index contributed by atoms with van der Waals surface area (Å²) in [7, 11) is 1.50. The molecule has 0 aliphatic heterocycles. The van der Waals surface area contributed by atoms with E-state index in [1.807, 2.05) is 0 Å². The van der Waals surface area contributed by atoms with Gasteiger partial charge in [-0.1, -0.05) is 148 Å². The molecule has 0 spiro atoms. The highest BCUT2D eigenvalue weighted by Gasteiger charge is 2.02. The maximum atomic E-state index is 11.9. The molecular formula is C34H58O4. The van der Waals surface area contributed by atoms with Gasteiger partial charge in [0.15, 0.2) is 11.5 Å². The molecular weight excluding hydrogens is 472 g/mol. The molecule has 4 heteroatoms. The highest BCUT2D eigenvalue weighted by molar-refractivity contribution is 5.87. The number of phenolic OH excluding ortho intramolecular Hbond substituents is 1. The number of esters is 1. The van der Waals surface area contributed by atoms with E-state index in [1.54, 1.807) is 24.3 Å². The van der Waals surface area contributed by atoms with Crippen LogP contribution in [0.25, 0.3) is 6.08 Å². The average molecular weight is 531 g/mol. The summed E-state index contributed by atoms with van der Waals surface area (Å²) in [6.45, 7) is 2.76. The van der Waals surface area contributed by atoms with Gasteiger partial charge in [0.05, 0.1) is 13.7 Å². The topological polar surface area (TPSA) is 55.8 Å². The Morgan fingerprint density at radius 1 is 0.684 bits per heavy atom. The normalized spacial score (nSPS) is 11.3. The molecule has 0 heterocycles. The standard InChI is InChI=1S/C34H58O4/c1-3-4-5-6-7-8-9-10-11-12-13-14-15-16-17-18-19-20-21-22-23-24-29-38-34(36)28-26-31-25-27-32(35)33(30-31)37-2/h25-28,30,35H,3-24,29H2,1-2H3/b28-26-. The molecule has 0 aromatic heterocycles. The molecule has 0 fully saturated rings. The first kappa shape index (κ1) is 34.1. The van der Waals surface area contributed by atoms with Gasteiger partial charge in [-0.25, -0.2) is 4.79 Å². The predicted molar refractivity (Wildman–Crippen MR) is 162 cm³/mol. The van der Waals surface area contributed by atoms with Crippen molar-refractivity contribution in [1.82, 2.24) is 0 Å². The largest absolute Gasteiger partial charge is 0.504 e. The van der Waals surface area contributed by atoms with Crippen LogP contribution < -0.4 is 4.74 Å². The lowest BCUT2D eigenvalue weighted by atomic mass is 10.0. The number of benzene rings is 1. The van der Waals surface area contributed by atoms with Gasteiger partial charge in [0, 0.05) is 6.08 Å². The van der Waals surface area contributed by atoms with Crippen LogP contribution in [0.15, 0.2) is 24.3 Å². The highest BCUT2D eigenvalue weighted by atomic mass is 16.5. The van der Waals surface area contributed by atoms with Gasteiger partial charge in [-0.2, -0.15) is 0 Å². The third kappa shape index (κ3) is 20.1. The van der Waals surface area contributed by atoms with Crippen LogP contribution >= 0.6 is 0 Å². The van der Waals surface area contributed by atoms with Crippen LogP contribution in [-0.4, -0.2) is 24.8 Å². The third-order valence-electron chi connectivity index (χ3n) is 7.36. The van der Waals surface area contributed by atoms with Crippen molar-refractivity contribution >= 4 is 12.0 Å². The molecule has 0 saturated heterocycles. The Hall–Kier alpha value is -1.97. The summed E-state index contributed by atoms with van der Waals surface area (Å²) in [5, 5.41) is 9.62. The maximum Gasteiger partial charge on any atom is 0.330 e. The van der Waals surface area contributed by atoms with E-state index in [0.717, 1.165) is 18.4 Å². The molecule has 0 unspecified atom stereocenters. The first-order valence-corrected chi connectivity index (χ1v) is 15.9. The minimum Gasteiger partial charge on any atom is -0.504 e. The Kier molecular flexibility index (Phi) is 22.7. The second kappa shape index (κ2) is 25.3. The minimum absolute atomic E-state index is 0.0808. The molecule has 0 bridgehead atoms. The van der Waals surface area contributed by atoms with Gasteiger partial charge in [0.1, 0.15) is 0 Å². The Morgan fingerprint density at radius 3 is 1.53 bits per heavy atom. The van der Waals surface area contributed by atoms with Crippen molar-refractivity contribution in [1.29, 1.82) is 0 Å². The molecule has 1 rings (SSSR count). The Balaban J connectivity index is 1.79. The van der Waals surface area contributed by atoms with E-state index in [-0.39, 0.29) is 11.7 Å². The second-order valence-electron chi connectivity index (χ2n) is 10.9. The number of hydrogen-bond acceptors (Lipinski definition) is 4. The molecule has 0 aliphatic carbocycles. The molecule has 0 amide bonds. The van der Waals surface area contributed by atoms with Crippen LogP contribution in [0, 0.1) is 0 Å². The number of hydrogen-bond donors (Lipinski definition) is 1. The SMILES string of the molecule is CCCCCCCCCCCCCCCCCCCCCCCCOC(=O)/C=C\c1ccc(O)c(OC)c1. The Bertz CT molecular complexity index is 712. The summed E-state index contributed by atoms with van der Waals surface area (Å²) in [5.74, 6) is 0.133. The zero-order chi connectivity index (χ0) is 27.5. The van der Waals surface area contributed by atoms with Crippen molar-refractivity contribution in [3.8, 4) is 11.5 Å². The number of aromatic hydroxyl groups is 1. The number of unbranched alkanes of at least 4 members (excludes halogenated alkanes) is 21. The van der Waals surface area contributed by atoms with Gasteiger partial charge in [-0.3, -0.25) is 0 Å². The lowest BCUT2D eigenvalue weighted by Crippen LogP contribution is -2.02. The molecule has 0 atom stereocenters. The third-order valence-corrected chi connectivity index (χ3v) is 7.36. The van der Waals surface area contributed by atoms with Crippen LogP contribution in [0.3, 0.4) is 0 Å². The monoisotopic (exact) mass is 530 g/mol. The van der Waals surface area contributed by atoms with E-state index in [2.05, 4.69) is 6.92 Å². The quantitative estimate of drug-likeness (QED) is 0.0735. The molecule has 218 valence electrons. The van der Waals surface area contributed by atoms with Crippen LogP contribution in [0.4, 0.5) is 0 Å². The lowest BCUT2D eigenvalue weighted by molar-refractivity contribution is -0.137. The minimum atomic E-state index is -0.333. The number of phenols is 1. The van der Waals surface area contributed by atoms with Crippen LogP contribution in [0.2, 0.25) is 0 Å². The van der Waals surface area contributed by atoms with Crippen molar-refractivity contribution in [3.63, 3.8) is 0 Å². The van der Waals surface area contributed by atoms with E-state index in [9.17, 15) is 9.90 Å². The second-order valence-corrected chi connectivity index (χ2v) is 10.9. The molecule has 0 aliphatic rings. The smallest absolute Gasteiger partial charge is 0.330 e. The average Bonchev–Trinajstić information content (AvgIpc) is 2.93. The maximum absolute atomic E-state index is 11.9. The molecule has 1 aromatic rings. The van der Waals surface area contributed by atoms with Gasteiger partial charge in [-0.15, -0.1) is 0 Å². The van der Waals surface area contributed by atoms with Gasteiger partial charge >= 0.3 is 5.97 Å². The fourth-order valence-electron chi connectivity index (χ4n) is 4.89. The Labute approximate surface area is 234 Å². The van der Waals surface area contributed by atoms with Gasteiger partial charge < -0.3 is 14.6 Å². The van der Waals surface area contributed by atoms with Crippen molar-refractivity contribution in [2.45, 2.75) is 148 Å². The van der Waals surface area contributed by atoms with Gasteiger partial charge in [-0.05, 0) is 30.2 Å². The first-order chi connectivity index (χ1) is 18.7. The lowest BCUT2D eigenvalue weighted by Gasteiger charge is -2.05. The summed E-state index contributed by atoms with van der Waals surface area (Å²) in [6.07, 6.45) is 33.2.